The zero-order chi connectivity index (χ0) is 39.3. The van der Waals surface area contributed by atoms with Crippen LogP contribution in [0.4, 0.5) is 0 Å². The van der Waals surface area contributed by atoms with Gasteiger partial charge in [0.25, 0.3) is 5.91 Å². The normalized spacial score (nSPS) is 12.2. The van der Waals surface area contributed by atoms with Crippen LogP contribution in [0.2, 0.25) is 0 Å². The molecule has 2 atom stereocenters. The number of nitrogens with zero attached hydrogens (tertiary/aromatic N) is 2. The summed E-state index contributed by atoms with van der Waals surface area (Å²) >= 11 is 0. The largest absolute Gasteiger partial charge is 0.461 e. The van der Waals surface area contributed by atoms with Crippen LogP contribution in [0.5, 0.6) is 0 Å². The Hall–Kier alpha value is -6.22. The lowest BCUT2D eigenvalue weighted by Crippen LogP contribution is -2.53. The van der Waals surface area contributed by atoms with E-state index in [1.54, 1.807) is 4.90 Å². The average molecular weight is 751 g/mol. The van der Waals surface area contributed by atoms with Gasteiger partial charge >= 0.3 is 5.97 Å². The van der Waals surface area contributed by atoms with Crippen molar-refractivity contribution in [2.75, 3.05) is 6.54 Å². The van der Waals surface area contributed by atoms with Crippen molar-refractivity contribution in [3.8, 4) is 0 Å². The van der Waals surface area contributed by atoms with Crippen LogP contribution in [0.3, 0.4) is 0 Å². The molecule has 0 radical (unpaired) electrons. The number of amides is 3. The highest BCUT2D eigenvalue weighted by atomic mass is 16.5. The van der Waals surface area contributed by atoms with Gasteiger partial charge in [-0.1, -0.05) is 135 Å². The van der Waals surface area contributed by atoms with Crippen molar-refractivity contribution in [3.05, 3.63) is 156 Å². The maximum Gasteiger partial charge on any atom is 0.306 e. The lowest BCUT2D eigenvalue weighted by molar-refractivity contribution is -0.145. The van der Waals surface area contributed by atoms with Crippen LogP contribution < -0.4 is 11.1 Å². The molecule has 1 aromatic heterocycles. The summed E-state index contributed by atoms with van der Waals surface area (Å²) in [5.74, 6) is -1.61. The zero-order valence-electron chi connectivity index (χ0n) is 31.9. The van der Waals surface area contributed by atoms with Gasteiger partial charge < -0.3 is 25.3 Å². The van der Waals surface area contributed by atoms with Crippen molar-refractivity contribution < 1.29 is 23.9 Å². The van der Waals surface area contributed by atoms with Crippen LogP contribution >= 0.6 is 0 Å². The van der Waals surface area contributed by atoms with E-state index in [2.05, 4.69) is 11.4 Å². The number of unbranched alkanes of at least 4 members (excludes halogenated alkanes) is 1. The topological polar surface area (TPSA) is 124 Å². The van der Waals surface area contributed by atoms with Crippen LogP contribution in [0.15, 0.2) is 134 Å². The number of nitrogens with two attached hydrogens (primary N) is 1. The molecule has 5 aromatic carbocycles. The highest BCUT2D eigenvalue weighted by molar-refractivity contribution is 6.08. The molecular weight excluding hydrogens is 701 g/mol. The first-order valence-corrected chi connectivity index (χ1v) is 19.5. The minimum atomic E-state index is -0.982. The Bertz CT molecular complexity index is 2250. The van der Waals surface area contributed by atoms with E-state index in [4.69, 9.17) is 10.5 Å². The quantitative estimate of drug-likeness (QED) is 0.0814. The number of carbonyl (C=O) groups is 4. The number of carbonyl (C=O) groups excluding carboxylic acids is 4. The first kappa shape index (κ1) is 39.5. The Labute approximate surface area is 328 Å². The van der Waals surface area contributed by atoms with Gasteiger partial charge in [0, 0.05) is 49.1 Å². The molecule has 0 aliphatic heterocycles. The third-order valence-corrected chi connectivity index (χ3v) is 10.1. The zero-order valence-corrected chi connectivity index (χ0v) is 31.9. The summed E-state index contributed by atoms with van der Waals surface area (Å²) in [4.78, 5) is 56.4. The number of aromatic nitrogens is 1. The summed E-state index contributed by atoms with van der Waals surface area (Å²) in [6.45, 7) is 3.14. The van der Waals surface area contributed by atoms with Crippen molar-refractivity contribution in [1.29, 1.82) is 0 Å². The molecule has 9 heteroatoms. The van der Waals surface area contributed by atoms with E-state index in [1.807, 2.05) is 139 Å². The maximum absolute atomic E-state index is 14.9. The minimum absolute atomic E-state index is 0.0399. The Morgan fingerprint density at radius 2 is 1.45 bits per heavy atom. The van der Waals surface area contributed by atoms with E-state index in [0.29, 0.717) is 37.9 Å². The SMILES string of the molecule is CCCCN(C(=O)[C@H](CCCC(=O)OCc1ccccc1)NC(=O)c1cn(Cc2ccccc2)c2ccccc12)[C@H](CC(N)=O)Cc1ccc2ccccc2c1. The number of hydrogen-bond acceptors (Lipinski definition) is 5. The average Bonchev–Trinajstić information content (AvgIpc) is 3.58. The Balaban J connectivity index is 1.27. The third kappa shape index (κ3) is 10.5. The molecule has 0 aliphatic rings. The second-order valence-corrected chi connectivity index (χ2v) is 14.3. The van der Waals surface area contributed by atoms with E-state index < -0.39 is 23.9 Å². The monoisotopic (exact) mass is 750 g/mol. The second-order valence-electron chi connectivity index (χ2n) is 14.3. The summed E-state index contributed by atoms with van der Waals surface area (Å²) < 4.78 is 7.57. The summed E-state index contributed by atoms with van der Waals surface area (Å²) in [6.07, 6.45) is 4.26. The van der Waals surface area contributed by atoms with Gasteiger partial charge in [-0.25, -0.2) is 0 Å². The van der Waals surface area contributed by atoms with Crippen LogP contribution in [-0.4, -0.2) is 51.8 Å². The summed E-state index contributed by atoms with van der Waals surface area (Å²) in [7, 11) is 0. The fourth-order valence-electron chi connectivity index (χ4n) is 7.26. The van der Waals surface area contributed by atoms with Crippen LogP contribution in [0.25, 0.3) is 21.7 Å². The van der Waals surface area contributed by atoms with Gasteiger partial charge in [0.1, 0.15) is 12.6 Å². The number of hydrogen-bond donors (Lipinski definition) is 2. The summed E-state index contributed by atoms with van der Waals surface area (Å²) in [5, 5.41) is 6.00. The van der Waals surface area contributed by atoms with Crippen molar-refractivity contribution in [2.45, 2.75) is 77.1 Å². The van der Waals surface area contributed by atoms with Gasteiger partial charge in [0.2, 0.25) is 11.8 Å². The lowest BCUT2D eigenvalue weighted by Gasteiger charge is -2.35. The number of benzene rings is 5. The molecule has 0 saturated carbocycles. The number of primary amides is 1. The van der Waals surface area contributed by atoms with Crippen LogP contribution in [0.1, 0.15) is 72.5 Å². The second kappa shape index (κ2) is 19.4. The van der Waals surface area contributed by atoms with Crippen molar-refractivity contribution in [3.63, 3.8) is 0 Å². The molecule has 0 unspecified atom stereocenters. The minimum Gasteiger partial charge on any atom is -0.461 e. The van der Waals surface area contributed by atoms with Gasteiger partial charge in [0.05, 0.1) is 5.56 Å². The van der Waals surface area contributed by atoms with E-state index in [9.17, 15) is 19.2 Å². The summed E-state index contributed by atoms with van der Waals surface area (Å²) in [5.41, 5.74) is 10.1. The van der Waals surface area contributed by atoms with E-state index in [-0.39, 0.29) is 37.7 Å². The van der Waals surface area contributed by atoms with E-state index >= 15 is 0 Å². The molecular formula is C47H50N4O5. The fourth-order valence-corrected chi connectivity index (χ4v) is 7.26. The molecule has 0 aliphatic carbocycles. The molecule has 0 bridgehead atoms. The number of rotatable bonds is 19. The van der Waals surface area contributed by atoms with Gasteiger partial charge in [0.15, 0.2) is 0 Å². The highest BCUT2D eigenvalue weighted by Crippen LogP contribution is 2.25. The first-order chi connectivity index (χ1) is 27.3. The molecule has 6 aromatic rings. The number of nitrogens with one attached hydrogen (secondary N) is 1. The predicted octanol–water partition coefficient (Wildman–Crippen LogP) is 7.97. The van der Waals surface area contributed by atoms with Crippen molar-refractivity contribution >= 4 is 45.4 Å². The Morgan fingerprint density at radius 1 is 0.768 bits per heavy atom. The van der Waals surface area contributed by atoms with Crippen molar-refractivity contribution in [2.24, 2.45) is 5.73 Å². The molecule has 56 heavy (non-hydrogen) atoms. The molecule has 6 rings (SSSR count). The molecule has 3 amide bonds. The molecule has 0 spiro atoms. The van der Waals surface area contributed by atoms with Gasteiger partial charge in [-0.2, -0.15) is 0 Å². The smallest absolute Gasteiger partial charge is 0.306 e. The Kier molecular flexibility index (Phi) is 13.7. The van der Waals surface area contributed by atoms with Gasteiger partial charge in [-0.15, -0.1) is 0 Å². The summed E-state index contributed by atoms with van der Waals surface area (Å²) in [6, 6.07) is 39.8. The van der Waals surface area contributed by atoms with E-state index in [0.717, 1.165) is 44.8 Å². The standard InChI is InChI=1S/C47H50N4O5/c1-2-3-27-51(39(30-44(48)52)29-36-25-26-37-19-10-11-20-38(37)28-36)47(55)42(22-14-24-45(53)56-33-35-17-8-5-9-18-35)49-46(54)41-32-50(31-34-15-6-4-7-16-34)43-23-13-12-21-40(41)43/h4-13,15-21,23,25-26,28,32,39,42H,2-3,14,22,24,27,29-31,33H2,1H3,(H2,48,52)(H,49,54)/t39-,42-/m0/s1. The number of ether oxygens (including phenoxy) is 1. The van der Waals surface area contributed by atoms with Gasteiger partial charge in [-0.05, 0) is 59.2 Å². The molecule has 0 saturated heterocycles. The highest BCUT2D eigenvalue weighted by Gasteiger charge is 2.32. The molecule has 9 nitrogen and oxygen atoms in total. The van der Waals surface area contributed by atoms with Crippen LogP contribution in [0, 0.1) is 0 Å². The molecule has 3 N–H and O–H groups in total. The molecule has 1 heterocycles. The van der Waals surface area contributed by atoms with Crippen molar-refractivity contribution in [1.82, 2.24) is 14.8 Å². The predicted molar refractivity (Wildman–Crippen MR) is 221 cm³/mol. The number of esters is 1. The fraction of sp³-hybridized carbons (Fsp3) is 0.277. The lowest BCUT2D eigenvalue weighted by atomic mass is 9.97. The maximum atomic E-state index is 14.9. The molecule has 0 fully saturated rings. The third-order valence-electron chi connectivity index (χ3n) is 10.1. The van der Waals surface area contributed by atoms with E-state index in [1.165, 1.54) is 0 Å². The number of fused-ring (bicyclic) bond motifs is 2. The van der Waals surface area contributed by atoms with Crippen LogP contribution in [-0.2, 0) is 38.7 Å². The Morgan fingerprint density at radius 3 is 2.18 bits per heavy atom. The first-order valence-electron chi connectivity index (χ1n) is 19.5. The molecule has 288 valence electrons. The van der Waals surface area contributed by atoms with Gasteiger partial charge in [-0.3, -0.25) is 19.2 Å². The number of para-hydroxylation sites is 1.